The molecule has 33 heavy (non-hydrogen) atoms. The van der Waals surface area contributed by atoms with Gasteiger partial charge in [0.25, 0.3) is 5.91 Å². The lowest BCUT2D eigenvalue weighted by molar-refractivity contribution is 0.0927. The van der Waals surface area contributed by atoms with Crippen LogP contribution in [0.2, 0.25) is 0 Å². The highest BCUT2D eigenvalue weighted by Gasteiger charge is 2.25. The van der Waals surface area contributed by atoms with Crippen LogP contribution in [0.25, 0.3) is 11.4 Å². The van der Waals surface area contributed by atoms with E-state index in [2.05, 4.69) is 30.7 Å². The lowest BCUT2D eigenvalue weighted by Gasteiger charge is -2.25. The van der Waals surface area contributed by atoms with Gasteiger partial charge in [-0.2, -0.15) is 0 Å². The van der Waals surface area contributed by atoms with Crippen LogP contribution in [-0.2, 0) is 13.0 Å². The molecule has 3 aromatic rings. The third kappa shape index (κ3) is 5.39. The predicted octanol–water partition coefficient (Wildman–Crippen LogP) is 3.92. The second kappa shape index (κ2) is 9.05. The second-order valence-corrected chi connectivity index (χ2v) is 9.48. The maximum Gasteiger partial charge on any atom is 0.319 e. The van der Waals surface area contributed by atoms with Crippen LogP contribution in [0.5, 0.6) is 0 Å². The molecule has 0 saturated carbocycles. The predicted molar refractivity (Wildman–Crippen MR) is 128 cm³/mol. The zero-order valence-corrected chi connectivity index (χ0v) is 19.5. The van der Waals surface area contributed by atoms with E-state index in [0.29, 0.717) is 17.8 Å². The first-order valence-corrected chi connectivity index (χ1v) is 11.2. The van der Waals surface area contributed by atoms with Gasteiger partial charge in [0.05, 0.1) is 0 Å². The van der Waals surface area contributed by atoms with Gasteiger partial charge in [-0.3, -0.25) is 4.79 Å². The van der Waals surface area contributed by atoms with Crippen molar-refractivity contribution >= 4 is 17.6 Å². The van der Waals surface area contributed by atoms with Crippen LogP contribution in [0.4, 0.5) is 10.5 Å². The van der Waals surface area contributed by atoms with Gasteiger partial charge in [0.1, 0.15) is 5.82 Å². The quantitative estimate of drug-likeness (QED) is 0.565. The van der Waals surface area contributed by atoms with E-state index in [-0.39, 0.29) is 23.5 Å². The van der Waals surface area contributed by atoms with Crippen LogP contribution in [0.3, 0.4) is 0 Å². The molecule has 172 valence electrons. The number of carbonyl (C=O) groups excluding carboxylic acids is 2. The molecule has 0 spiro atoms. The molecule has 3 N–H and O–H groups in total. The molecule has 1 unspecified atom stereocenters. The van der Waals surface area contributed by atoms with Gasteiger partial charge in [0.15, 0.2) is 5.82 Å². The number of nitrogens with zero attached hydrogens (tertiary/aromatic N) is 3. The highest BCUT2D eigenvalue weighted by atomic mass is 16.2. The fourth-order valence-electron chi connectivity index (χ4n) is 3.91. The van der Waals surface area contributed by atoms with E-state index in [4.69, 9.17) is 0 Å². The molecule has 4 rings (SSSR count). The Morgan fingerprint density at radius 3 is 2.55 bits per heavy atom. The first kappa shape index (κ1) is 22.5. The molecule has 0 bridgehead atoms. The van der Waals surface area contributed by atoms with Gasteiger partial charge in [-0.05, 0) is 51.8 Å². The van der Waals surface area contributed by atoms with Crippen molar-refractivity contribution in [2.24, 2.45) is 0 Å². The summed E-state index contributed by atoms with van der Waals surface area (Å²) < 4.78 is 2.09. The van der Waals surface area contributed by atoms with Crippen LogP contribution in [0.1, 0.15) is 48.9 Å². The molecule has 2 heterocycles. The number of rotatable bonds is 4. The van der Waals surface area contributed by atoms with Crippen molar-refractivity contribution < 1.29 is 9.59 Å². The van der Waals surface area contributed by atoms with Crippen molar-refractivity contribution in [1.82, 2.24) is 25.4 Å². The van der Waals surface area contributed by atoms with E-state index in [1.54, 1.807) is 12.1 Å². The number of nitrogens with one attached hydrogen (secondary N) is 3. The maximum absolute atomic E-state index is 13.0. The van der Waals surface area contributed by atoms with Gasteiger partial charge in [0.2, 0.25) is 0 Å². The Balaban J connectivity index is 1.45. The first-order chi connectivity index (χ1) is 15.7. The van der Waals surface area contributed by atoms with Gasteiger partial charge in [-0.15, -0.1) is 10.2 Å². The molecular weight excluding hydrogens is 416 g/mol. The zero-order chi connectivity index (χ0) is 23.6. The van der Waals surface area contributed by atoms with Gasteiger partial charge in [-0.25, -0.2) is 4.79 Å². The van der Waals surface area contributed by atoms with Crippen molar-refractivity contribution in [2.45, 2.75) is 58.7 Å². The third-order valence-corrected chi connectivity index (χ3v) is 5.55. The SMILES string of the molecule is Cc1ccc(C(=O)NC2CCc3nnc(-c4ccccc4)n3C2)cc1NC(=O)NC(C)(C)C. The molecule has 8 nitrogen and oxygen atoms in total. The van der Waals surface area contributed by atoms with Crippen molar-refractivity contribution in [2.75, 3.05) is 5.32 Å². The Hall–Kier alpha value is -3.68. The van der Waals surface area contributed by atoms with Crippen LogP contribution in [-0.4, -0.2) is 38.3 Å². The summed E-state index contributed by atoms with van der Waals surface area (Å²) in [5, 5.41) is 17.6. The summed E-state index contributed by atoms with van der Waals surface area (Å²) >= 11 is 0. The lowest BCUT2D eigenvalue weighted by Crippen LogP contribution is -2.43. The Morgan fingerprint density at radius 1 is 1.06 bits per heavy atom. The number of aryl methyl sites for hydroxylation is 2. The number of benzene rings is 2. The summed E-state index contributed by atoms with van der Waals surface area (Å²) in [6.07, 6.45) is 1.54. The first-order valence-electron chi connectivity index (χ1n) is 11.2. The molecule has 1 atom stereocenters. The normalized spacial score (nSPS) is 15.5. The van der Waals surface area contributed by atoms with Gasteiger partial charge in [-0.1, -0.05) is 36.4 Å². The summed E-state index contributed by atoms with van der Waals surface area (Å²) in [6.45, 7) is 8.26. The average Bonchev–Trinajstić information content (AvgIpc) is 3.18. The van der Waals surface area contributed by atoms with Crippen molar-refractivity contribution in [3.63, 3.8) is 0 Å². The zero-order valence-electron chi connectivity index (χ0n) is 19.5. The van der Waals surface area contributed by atoms with Crippen LogP contribution in [0, 0.1) is 6.92 Å². The molecule has 1 aliphatic rings. The van der Waals surface area contributed by atoms with Crippen molar-refractivity contribution in [3.05, 3.63) is 65.5 Å². The summed E-state index contributed by atoms with van der Waals surface area (Å²) in [7, 11) is 0. The second-order valence-electron chi connectivity index (χ2n) is 9.48. The fraction of sp³-hybridized carbons (Fsp3) is 0.360. The molecule has 0 radical (unpaired) electrons. The van der Waals surface area contributed by atoms with Gasteiger partial charge < -0.3 is 20.5 Å². The number of hydrogen-bond donors (Lipinski definition) is 3. The van der Waals surface area contributed by atoms with E-state index < -0.39 is 0 Å². The summed E-state index contributed by atoms with van der Waals surface area (Å²) in [4.78, 5) is 25.3. The monoisotopic (exact) mass is 446 g/mol. The van der Waals surface area contributed by atoms with Crippen LogP contribution < -0.4 is 16.0 Å². The van der Waals surface area contributed by atoms with Crippen molar-refractivity contribution in [1.29, 1.82) is 0 Å². The van der Waals surface area contributed by atoms with E-state index in [9.17, 15) is 9.59 Å². The molecule has 3 amide bonds. The highest BCUT2D eigenvalue weighted by molar-refractivity contribution is 5.97. The number of amides is 3. The molecular formula is C25H30N6O2. The number of hydrogen-bond acceptors (Lipinski definition) is 4. The van der Waals surface area contributed by atoms with E-state index in [1.807, 2.05) is 64.1 Å². The van der Waals surface area contributed by atoms with Crippen LogP contribution >= 0.6 is 0 Å². The third-order valence-electron chi connectivity index (χ3n) is 5.55. The Morgan fingerprint density at radius 2 is 1.82 bits per heavy atom. The molecule has 1 aliphatic heterocycles. The van der Waals surface area contributed by atoms with Crippen LogP contribution in [0.15, 0.2) is 48.5 Å². The molecule has 0 aliphatic carbocycles. The number of anilines is 1. The Labute approximate surface area is 193 Å². The summed E-state index contributed by atoms with van der Waals surface area (Å²) in [6, 6.07) is 14.9. The molecule has 2 aromatic carbocycles. The van der Waals surface area contributed by atoms with E-state index in [0.717, 1.165) is 35.6 Å². The van der Waals surface area contributed by atoms with Gasteiger partial charge >= 0.3 is 6.03 Å². The topological polar surface area (TPSA) is 101 Å². The minimum atomic E-state index is -0.354. The number of fused-ring (bicyclic) bond motifs is 1. The molecule has 8 heteroatoms. The largest absolute Gasteiger partial charge is 0.347 e. The minimum Gasteiger partial charge on any atom is -0.347 e. The highest BCUT2D eigenvalue weighted by Crippen LogP contribution is 2.23. The number of carbonyl (C=O) groups is 2. The minimum absolute atomic E-state index is 0.0367. The Kier molecular flexibility index (Phi) is 6.18. The lowest BCUT2D eigenvalue weighted by atomic mass is 10.0. The van der Waals surface area contributed by atoms with E-state index in [1.165, 1.54) is 0 Å². The fourth-order valence-corrected chi connectivity index (χ4v) is 3.91. The Bertz CT molecular complexity index is 1160. The average molecular weight is 447 g/mol. The van der Waals surface area contributed by atoms with E-state index >= 15 is 0 Å². The number of urea groups is 1. The van der Waals surface area contributed by atoms with Crippen molar-refractivity contribution in [3.8, 4) is 11.4 Å². The maximum atomic E-state index is 13.0. The molecule has 1 aromatic heterocycles. The molecule has 0 saturated heterocycles. The number of aromatic nitrogens is 3. The smallest absolute Gasteiger partial charge is 0.319 e. The summed E-state index contributed by atoms with van der Waals surface area (Å²) in [5.74, 6) is 1.58. The standard InChI is InChI=1S/C25H30N6O2/c1-16-10-11-18(14-20(16)27-24(33)28-25(2,3)4)23(32)26-19-12-13-21-29-30-22(31(21)15-19)17-8-6-5-7-9-17/h5-11,14,19H,12-13,15H2,1-4H3,(H,26,32)(H2,27,28,33). The molecule has 0 fully saturated rings. The van der Waals surface area contributed by atoms with Gasteiger partial charge in [0, 0.05) is 41.4 Å². The summed E-state index contributed by atoms with van der Waals surface area (Å²) in [5.41, 5.74) is 2.65.